The summed E-state index contributed by atoms with van der Waals surface area (Å²) in [5, 5.41) is 14.2. The molecule has 2 N–H and O–H groups in total. The molecule has 4 aromatic rings. The second kappa shape index (κ2) is 13.7. The molecule has 1 aromatic heterocycles. The van der Waals surface area contributed by atoms with Crippen molar-refractivity contribution in [3.8, 4) is 22.5 Å². The number of amides is 2. The van der Waals surface area contributed by atoms with Crippen LogP contribution in [0.4, 0.5) is 5.82 Å². The van der Waals surface area contributed by atoms with Crippen LogP contribution in [-0.2, 0) is 22.6 Å². The molecule has 216 valence electrons. The fraction of sp³-hybridized carbons (Fsp3) is 0.294. The summed E-state index contributed by atoms with van der Waals surface area (Å²) in [6, 6.07) is 25.3. The third-order valence-corrected chi connectivity index (χ3v) is 7.70. The first-order chi connectivity index (χ1) is 20.4. The first-order valence-electron chi connectivity index (χ1n) is 14.4. The Bertz CT molecular complexity index is 1530. The van der Waals surface area contributed by atoms with Crippen molar-refractivity contribution in [2.75, 3.05) is 11.4 Å². The van der Waals surface area contributed by atoms with E-state index in [0.29, 0.717) is 47.4 Å². The molecule has 1 aliphatic rings. The molecule has 42 heavy (non-hydrogen) atoms. The lowest BCUT2D eigenvalue weighted by Crippen LogP contribution is -2.46. The summed E-state index contributed by atoms with van der Waals surface area (Å²) in [6.45, 7) is 2.98. The number of hydrogen-bond donors (Lipinski definition) is 2. The molecule has 1 atom stereocenters. The molecule has 2 heterocycles. The molecular formula is C34H35ClN4O3. The van der Waals surface area contributed by atoms with Gasteiger partial charge >= 0.3 is 0 Å². The van der Waals surface area contributed by atoms with Crippen molar-refractivity contribution in [3.05, 3.63) is 101 Å². The van der Waals surface area contributed by atoms with Crippen molar-refractivity contribution in [3.63, 3.8) is 0 Å². The zero-order valence-corrected chi connectivity index (χ0v) is 24.5. The van der Waals surface area contributed by atoms with E-state index in [1.807, 2.05) is 85.8 Å². The highest BCUT2D eigenvalue weighted by atomic mass is 35.5. The molecule has 0 saturated heterocycles. The molecule has 0 saturated carbocycles. The number of nitrogens with zero attached hydrogens (tertiary/aromatic N) is 3. The van der Waals surface area contributed by atoms with E-state index in [4.69, 9.17) is 21.6 Å². The molecular weight excluding hydrogens is 548 g/mol. The van der Waals surface area contributed by atoms with Gasteiger partial charge in [0.25, 0.3) is 5.91 Å². The van der Waals surface area contributed by atoms with Crippen molar-refractivity contribution in [1.82, 2.24) is 15.3 Å². The number of carbonyl (C=O) groups excluding carboxylic acids is 2. The zero-order valence-electron chi connectivity index (χ0n) is 23.7. The average molecular weight is 583 g/mol. The van der Waals surface area contributed by atoms with Crippen LogP contribution in [0.1, 0.15) is 48.9 Å². The smallest absolute Gasteiger partial charge is 0.257 e. The number of unbranched alkanes of at least 4 members (excludes halogenated alkanes) is 3. The summed E-state index contributed by atoms with van der Waals surface area (Å²) in [7, 11) is 0. The fourth-order valence-electron chi connectivity index (χ4n) is 5.10. The highest BCUT2D eigenvalue weighted by Gasteiger charge is 2.34. The fourth-order valence-corrected chi connectivity index (χ4v) is 5.23. The maximum atomic E-state index is 13.1. The number of carbonyl (C=O) groups is 2. The standard InChI is InChI=1S/C34H35ClN4O3/c1-23-12-14-25(15-13-23)32-31(26-16-18-27(35)19-17-26)37-28-21-29(40)34(42)39(33(28)38-32)20-8-3-2-7-11-30(41)36-22-24-9-5-4-6-10-24/h4-6,9-10,12-19,29,40H,2-3,7-8,11,20-22H2,1H3,(H,36,41). The molecule has 8 heteroatoms. The Hall–Kier alpha value is -4.07. The lowest BCUT2D eigenvalue weighted by Gasteiger charge is -2.31. The van der Waals surface area contributed by atoms with Gasteiger partial charge in [0.2, 0.25) is 5.91 Å². The molecule has 0 bridgehead atoms. The summed E-state index contributed by atoms with van der Waals surface area (Å²) >= 11 is 6.14. The lowest BCUT2D eigenvalue weighted by molar-refractivity contribution is -0.127. The first kappa shape index (κ1) is 29.4. The van der Waals surface area contributed by atoms with Crippen molar-refractivity contribution < 1.29 is 14.7 Å². The summed E-state index contributed by atoms with van der Waals surface area (Å²) in [5.41, 5.74) is 5.91. The maximum absolute atomic E-state index is 13.1. The minimum absolute atomic E-state index is 0.0394. The van der Waals surface area contributed by atoms with E-state index < -0.39 is 6.10 Å². The van der Waals surface area contributed by atoms with Crippen LogP contribution >= 0.6 is 11.6 Å². The van der Waals surface area contributed by atoms with Gasteiger partial charge in [0, 0.05) is 42.1 Å². The average Bonchev–Trinajstić information content (AvgIpc) is 3.00. The van der Waals surface area contributed by atoms with Crippen LogP contribution in [0.5, 0.6) is 0 Å². The minimum Gasteiger partial charge on any atom is -0.383 e. The Kier molecular flexibility index (Phi) is 9.62. The molecule has 1 unspecified atom stereocenters. The Morgan fingerprint density at radius 1 is 0.905 bits per heavy atom. The number of aliphatic hydroxyl groups excluding tert-OH is 1. The largest absolute Gasteiger partial charge is 0.383 e. The Balaban J connectivity index is 1.26. The quantitative estimate of drug-likeness (QED) is 0.203. The van der Waals surface area contributed by atoms with Gasteiger partial charge in [-0.15, -0.1) is 0 Å². The van der Waals surface area contributed by atoms with Gasteiger partial charge in [-0.25, -0.2) is 9.97 Å². The molecule has 7 nitrogen and oxygen atoms in total. The van der Waals surface area contributed by atoms with Crippen LogP contribution in [0.15, 0.2) is 78.9 Å². The van der Waals surface area contributed by atoms with Crippen molar-refractivity contribution in [2.24, 2.45) is 0 Å². The van der Waals surface area contributed by atoms with E-state index in [1.165, 1.54) is 0 Å². The van der Waals surface area contributed by atoms with Crippen LogP contribution in [-0.4, -0.2) is 39.5 Å². The Morgan fingerprint density at radius 3 is 2.26 bits per heavy atom. The number of fused-ring (bicyclic) bond motifs is 1. The number of nitrogens with one attached hydrogen (secondary N) is 1. The van der Waals surface area contributed by atoms with Crippen molar-refractivity contribution in [2.45, 2.75) is 58.1 Å². The van der Waals surface area contributed by atoms with Crippen LogP contribution in [0.2, 0.25) is 5.02 Å². The molecule has 0 spiro atoms. The topological polar surface area (TPSA) is 95.4 Å². The van der Waals surface area contributed by atoms with E-state index in [-0.39, 0.29) is 18.2 Å². The highest BCUT2D eigenvalue weighted by molar-refractivity contribution is 6.30. The van der Waals surface area contributed by atoms with Crippen molar-refractivity contribution >= 4 is 29.2 Å². The zero-order chi connectivity index (χ0) is 29.5. The summed E-state index contributed by atoms with van der Waals surface area (Å²) in [4.78, 5) is 36.9. The van der Waals surface area contributed by atoms with Gasteiger partial charge in [-0.1, -0.05) is 96.7 Å². The Morgan fingerprint density at radius 2 is 1.55 bits per heavy atom. The molecule has 0 aliphatic carbocycles. The molecule has 3 aromatic carbocycles. The van der Waals surface area contributed by atoms with Gasteiger partial charge in [-0.2, -0.15) is 0 Å². The number of aliphatic hydroxyl groups is 1. The van der Waals surface area contributed by atoms with Gasteiger partial charge in [-0.3, -0.25) is 14.5 Å². The van der Waals surface area contributed by atoms with E-state index in [0.717, 1.165) is 47.9 Å². The van der Waals surface area contributed by atoms with E-state index in [9.17, 15) is 14.7 Å². The monoisotopic (exact) mass is 582 g/mol. The number of aryl methyl sites for hydroxylation is 1. The van der Waals surface area contributed by atoms with Crippen LogP contribution < -0.4 is 10.2 Å². The van der Waals surface area contributed by atoms with Crippen molar-refractivity contribution in [1.29, 1.82) is 0 Å². The van der Waals surface area contributed by atoms with Gasteiger partial charge < -0.3 is 10.4 Å². The lowest BCUT2D eigenvalue weighted by atomic mass is 10.0. The van der Waals surface area contributed by atoms with E-state index >= 15 is 0 Å². The second-order valence-electron chi connectivity index (χ2n) is 10.7. The number of hydrogen-bond acceptors (Lipinski definition) is 5. The number of anilines is 1. The molecule has 2 amide bonds. The summed E-state index contributed by atoms with van der Waals surface area (Å²) in [5.74, 6) is 0.183. The molecule has 0 radical (unpaired) electrons. The van der Waals surface area contributed by atoms with Gasteiger partial charge in [0.05, 0.1) is 17.1 Å². The number of benzene rings is 3. The minimum atomic E-state index is -1.16. The first-order valence-corrected chi connectivity index (χ1v) is 14.8. The van der Waals surface area contributed by atoms with Crippen LogP contribution in [0.25, 0.3) is 22.5 Å². The predicted octanol–water partition coefficient (Wildman–Crippen LogP) is 6.29. The summed E-state index contributed by atoms with van der Waals surface area (Å²) in [6.07, 6.45) is 2.64. The normalized spacial score (nSPS) is 14.5. The van der Waals surface area contributed by atoms with Crippen LogP contribution in [0.3, 0.4) is 0 Å². The van der Waals surface area contributed by atoms with E-state index in [1.54, 1.807) is 4.90 Å². The SMILES string of the molecule is Cc1ccc(-c2nc3c(nc2-c2ccc(Cl)cc2)CC(O)C(=O)N3CCCCCCC(=O)NCc2ccccc2)cc1. The van der Waals surface area contributed by atoms with Crippen LogP contribution in [0, 0.1) is 6.92 Å². The van der Waals surface area contributed by atoms with Gasteiger partial charge in [0.1, 0.15) is 6.10 Å². The number of rotatable bonds is 11. The van der Waals surface area contributed by atoms with Gasteiger partial charge in [0.15, 0.2) is 5.82 Å². The third kappa shape index (κ3) is 7.22. The maximum Gasteiger partial charge on any atom is 0.257 e. The van der Waals surface area contributed by atoms with E-state index in [2.05, 4.69) is 5.32 Å². The molecule has 0 fully saturated rings. The third-order valence-electron chi connectivity index (χ3n) is 7.45. The highest BCUT2D eigenvalue weighted by Crippen LogP contribution is 2.35. The number of halogens is 1. The molecule has 1 aliphatic heterocycles. The number of aromatic nitrogens is 2. The Labute approximate surface area is 251 Å². The molecule has 5 rings (SSSR count). The second-order valence-corrected chi connectivity index (χ2v) is 11.1. The van der Waals surface area contributed by atoms with Gasteiger partial charge in [-0.05, 0) is 37.5 Å². The summed E-state index contributed by atoms with van der Waals surface area (Å²) < 4.78 is 0. The predicted molar refractivity (Wildman–Crippen MR) is 166 cm³/mol.